The van der Waals surface area contributed by atoms with Gasteiger partial charge >= 0.3 is 5.97 Å². The Labute approximate surface area is 161 Å². The van der Waals surface area contributed by atoms with Crippen LogP contribution < -0.4 is 16.4 Å². The summed E-state index contributed by atoms with van der Waals surface area (Å²) in [5, 5.41) is 14.7. The molecule has 27 heavy (non-hydrogen) atoms. The summed E-state index contributed by atoms with van der Waals surface area (Å²) in [4.78, 5) is 38.6. The van der Waals surface area contributed by atoms with Crippen LogP contribution in [0.4, 0.5) is 0 Å². The number of aromatic nitrogens is 1. The lowest BCUT2D eigenvalue weighted by molar-refractivity contribution is -0.138. The zero-order valence-electron chi connectivity index (χ0n) is 15.0. The molecular weight excluding hydrogens is 368 g/mol. The average Bonchev–Trinajstić information content (AvgIpc) is 3.06. The van der Waals surface area contributed by atoms with Crippen molar-refractivity contribution in [2.45, 2.75) is 24.9 Å². The van der Waals surface area contributed by atoms with Crippen LogP contribution in [0, 0.1) is 0 Å². The number of aromatic amines is 1. The van der Waals surface area contributed by atoms with Crippen molar-refractivity contribution in [3.8, 4) is 0 Å². The van der Waals surface area contributed by atoms with Gasteiger partial charge in [0, 0.05) is 23.5 Å². The molecule has 0 aliphatic rings. The maximum absolute atomic E-state index is 12.4. The Morgan fingerprint density at radius 2 is 2.00 bits per heavy atom. The molecule has 9 heteroatoms. The fourth-order valence-electron chi connectivity index (χ4n) is 2.67. The van der Waals surface area contributed by atoms with E-state index in [1.165, 1.54) is 0 Å². The summed E-state index contributed by atoms with van der Waals surface area (Å²) in [7, 11) is 0. The summed E-state index contributed by atoms with van der Waals surface area (Å²) in [6.45, 7) is -0.516. The number of thioether (sulfide) groups is 1. The largest absolute Gasteiger partial charge is 0.480 e. The van der Waals surface area contributed by atoms with Gasteiger partial charge in [0.2, 0.25) is 11.8 Å². The van der Waals surface area contributed by atoms with Gasteiger partial charge in [0.05, 0.1) is 6.04 Å². The molecule has 0 aliphatic heterocycles. The zero-order valence-corrected chi connectivity index (χ0v) is 15.8. The quantitative estimate of drug-likeness (QED) is 0.399. The van der Waals surface area contributed by atoms with E-state index in [0.29, 0.717) is 6.42 Å². The van der Waals surface area contributed by atoms with Crippen molar-refractivity contribution in [2.75, 3.05) is 18.6 Å². The van der Waals surface area contributed by atoms with E-state index in [-0.39, 0.29) is 6.42 Å². The van der Waals surface area contributed by atoms with Crippen molar-refractivity contribution >= 4 is 40.4 Å². The maximum Gasteiger partial charge on any atom is 0.322 e. The number of nitrogens with one attached hydrogen (secondary N) is 3. The molecule has 0 bridgehead atoms. The van der Waals surface area contributed by atoms with Crippen LogP contribution in [-0.2, 0) is 20.8 Å². The van der Waals surface area contributed by atoms with E-state index < -0.39 is 36.4 Å². The van der Waals surface area contributed by atoms with Gasteiger partial charge in [-0.15, -0.1) is 0 Å². The number of hydrogen-bond acceptors (Lipinski definition) is 5. The number of para-hydroxylation sites is 1. The Kier molecular flexibility index (Phi) is 7.68. The van der Waals surface area contributed by atoms with E-state index in [9.17, 15) is 14.4 Å². The predicted molar refractivity (Wildman–Crippen MR) is 106 cm³/mol. The molecule has 0 aliphatic carbocycles. The molecule has 146 valence electrons. The topological polar surface area (TPSA) is 137 Å². The molecule has 0 saturated heterocycles. The first-order chi connectivity index (χ1) is 12.9. The van der Waals surface area contributed by atoms with Gasteiger partial charge in [-0.25, -0.2) is 0 Å². The third-order valence-electron chi connectivity index (χ3n) is 4.12. The number of hydrogen-bond donors (Lipinski definition) is 5. The number of aliphatic carboxylic acids is 1. The van der Waals surface area contributed by atoms with E-state index in [4.69, 9.17) is 10.8 Å². The Bertz CT molecular complexity index is 808. The molecule has 0 radical (unpaired) electrons. The van der Waals surface area contributed by atoms with Crippen LogP contribution in [0.5, 0.6) is 0 Å². The molecular formula is C18H24N4O4S. The van der Waals surface area contributed by atoms with E-state index >= 15 is 0 Å². The lowest BCUT2D eigenvalue weighted by atomic mass is 10.0. The highest BCUT2D eigenvalue weighted by Gasteiger charge is 2.25. The number of carboxylic acid groups (broad SMARTS) is 1. The standard InChI is InChI=1S/C18H24N4O4S/c1-27-7-6-13(19)17(25)22-15(18(26)21-10-16(23)24)8-11-9-20-14-5-3-2-4-12(11)14/h2-5,9,13,15,20H,6-8,10,19H2,1H3,(H,21,26)(H,22,25)(H,23,24)/t13-,15-/m0/s1. The first-order valence-electron chi connectivity index (χ1n) is 8.51. The van der Waals surface area contributed by atoms with E-state index in [2.05, 4.69) is 15.6 Å². The second-order valence-corrected chi connectivity index (χ2v) is 7.11. The van der Waals surface area contributed by atoms with E-state index in [1.807, 2.05) is 30.5 Å². The molecule has 2 amide bonds. The molecule has 1 aromatic carbocycles. The Balaban J connectivity index is 2.14. The summed E-state index contributed by atoms with van der Waals surface area (Å²) in [6.07, 6.45) is 4.41. The van der Waals surface area contributed by atoms with Gasteiger partial charge < -0.3 is 26.5 Å². The second-order valence-electron chi connectivity index (χ2n) is 6.12. The normalized spacial score (nSPS) is 13.1. The smallest absolute Gasteiger partial charge is 0.322 e. The summed E-state index contributed by atoms with van der Waals surface area (Å²) in [6, 6.07) is 5.96. The van der Waals surface area contributed by atoms with Crippen molar-refractivity contribution in [3.63, 3.8) is 0 Å². The SMILES string of the molecule is CSCC[C@H](N)C(=O)N[C@@H](Cc1c[nH]c2ccccc12)C(=O)NCC(=O)O. The number of H-pyrrole nitrogens is 1. The number of rotatable bonds is 10. The fraction of sp³-hybridized carbons (Fsp3) is 0.389. The van der Waals surface area contributed by atoms with Crippen LogP contribution in [0.1, 0.15) is 12.0 Å². The highest BCUT2D eigenvalue weighted by atomic mass is 32.2. The molecule has 0 unspecified atom stereocenters. The Hall–Kier alpha value is -2.52. The Morgan fingerprint density at radius 3 is 2.70 bits per heavy atom. The first kappa shape index (κ1) is 20.8. The second kappa shape index (κ2) is 9.98. The molecule has 1 aromatic heterocycles. The van der Waals surface area contributed by atoms with Crippen LogP contribution in [0.2, 0.25) is 0 Å². The van der Waals surface area contributed by atoms with Crippen LogP contribution >= 0.6 is 11.8 Å². The minimum Gasteiger partial charge on any atom is -0.480 e. The number of carbonyl (C=O) groups is 3. The zero-order chi connectivity index (χ0) is 19.8. The summed E-state index contributed by atoms with van der Waals surface area (Å²) in [5.41, 5.74) is 7.64. The molecule has 2 atom stereocenters. The van der Waals surface area contributed by atoms with Crippen LogP contribution in [0.15, 0.2) is 30.5 Å². The first-order valence-corrected chi connectivity index (χ1v) is 9.91. The van der Waals surface area contributed by atoms with Gasteiger partial charge in [0.15, 0.2) is 0 Å². The number of fused-ring (bicyclic) bond motifs is 1. The summed E-state index contributed by atoms with van der Waals surface area (Å²) >= 11 is 1.58. The molecule has 2 rings (SSSR count). The third-order valence-corrected chi connectivity index (χ3v) is 4.76. The summed E-state index contributed by atoms with van der Waals surface area (Å²) < 4.78 is 0. The maximum atomic E-state index is 12.4. The lowest BCUT2D eigenvalue weighted by Crippen LogP contribution is -2.53. The molecule has 2 aromatic rings. The van der Waals surface area contributed by atoms with Gasteiger partial charge in [-0.05, 0) is 30.1 Å². The van der Waals surface area contributed by atoms with Crippen LogP contribution in [0.25, 0.3) is 10.9 Å². The van der Waals surface area contributed by atoms with Crippen molar-refractivity contribution in [1.29, 1.82) is 0 Å². The highest BCUT2D eigenvalue weighted by Crippen LogP contribution is 2.19. The number of nitrogens with two attached hydrogens (primary N) is 1. The lowest BCUT2D eigenvalue weighted by Gasteiger charge is -2.20. The minimum absolute atomic E-state index is 0.219. The van der Waals surface area contributed by atoms with Crippen LogP contribution in [-0.4, -0.2) is 58.5 Å². The van der Waals surface area contributed by atoms with Gasteiger partial charge in [-0.2, -0.15) is 11.8 Å². The molecule has 8 nitrogen and oxygen atoms in total. The van der Waals surface area contributed by atoms with Crippen molar-refractivity contribution in [2.24, 2.45) is 5.73 Å². The average molecular weight is 392 g/mol. The van der Waals surface area contributed by atoms with Gasteiger partial charge in [0.25, 0.3) is 0 Å². The van der Waals surface area contributed by atoms with Crippen LogP contribution in [0.3, 0.4) is 0 Å². The molecule has 0 fully saturated rings. The number of benzene rings is 1. The molecule has 0 spiro atoms. The van der Waals surface area contributed by atoms with Crippen molar-refractivity contribution in [1.82, 2.24) is 15.6 Å². The van der Waals surface area contributed by atoms with Crippen molar-refractivity contribution < 1.29 is 19.5 Å². The molecule has 1 heterocycles. The number of amides is 2. The predicted octanol–water partition coefficient (Wildman–Crippen LogP) is 0.476. The summed E-state index contributed by atoms with van der Waals surface area (Å²) in [5.74, 6) is -1.42. The monoisotopic (exact) mass is 392 g/mol. The van der Waals surface area contributed by atoms with Gasteiger partial charge in [-0.1, -0.05) is 18.2 Å². The van der Waals surface area contributed by atoms with Gasteiger partial charge in [0.1, 0.15) is 12.6 Å². The minimum atomic E-state index is -1.16. The Morgan fingerprint density at radius 1 is 1.26 bits per heavy atom. The number of carbonyl (C=O) groups excluding carboxylic acids is 2. The van der Waals surface area contributed by atoms with Crippen molar-refractivity contribution in [3.05, 3.63) is 36.0 Å². The van der Waals surface area contributed by atoms with E-state index in [0.717, 1.165) is 22.2 Å². The van der Waals surface area contributed by atoms with E-state index in [1.54, 1.807) is 18.0 Å². The molecule has 6 N–H and O–H groups in total. The highest BCUT2D eigenvalue weighted by molar-refractivity contribution is 7.98. The van der Waals surface area contributed by atoms with Gasteiger partial charge in [-0.3, -0.25) is 14.4 Å². The fourth-order valence-corrected chi connectivity index (χ4v) is 3.16. The third kappa shape index (κ3) is 6.00. The number of carboxylic acids is 1. The molecule has 0 saturated carbocycles.